The van der Waals surface area contributed by atoms with E-state index in [0.717, 1.165) is 5.56 Å². The number of carbonyl (C=O) groups excluding carboxylic acids is 4. The molecule has 2 bridgehead atoms. The molecule has 286 valence electrons. The van der Waals surface area contributed by atoms with Gasteiger partial charge in [-0.25, -0.2) is 0 Å². The number of alkyl halides is 1. The van der Waals surface area contributed by atoms with Gasteiger partial charge >= 0.3 is 5.97 Å². The van der Waals surface area contributed by atoms with Crippen LogP contribution in [0, 0.1) is 11.8 Å². The van der Waals surface area contributed by atoms with Gasteiger partial charge < -0.3 is 34.4 Å². The lowest BCUT2D eigenvalue weighted by Gasteiger charge is -2.43. The van der Waals surface area contributed by atoms with E-state index in [1.807, 2.05) is 69.3 Å². The molecule has 1 spiro atoms. The Morgan fingerprint density at radius 2 is 1.77 bits per heavy atom. The van der Waals surface area contributed by atoms with Crippen LogP contribution in [0.3, 0.4) is 0 Å². The van der Waals surface area contributed by atoms with Crippen LogP contribution in [-0.2, 0) is 39.8 Å². The quantitative estimate of drug-likeness (QED) is 0.136. The largest absolute Gasteiger partial charge is 0.455 e. The Bertz CT molecular complexity index is 1630. The van der Waals surface area contributed by atoms with Crippen LogP contribution in [0.5, 0.6) is 0 Å². The summed E-state index contributed by atoms with van der Waals surface area (Å²) in [6.07, 6.45) is 2.77. The lowest BCUT2D eigenvalue weighted by molar-refractivity contribution is -0.163. The first-order chi connectivity index (χ1) is 25.3. The average Bonchev–Trinajstić information content (AvgIpc) is 3.73. The molecule has 3 amide bonds. The van der Waals surface area contributed by atoms with Crippen LogP contribution >= 0.6 is 15.9 Å². The molecule has 9 atom stereocenters. The van der Waals surface area contributed by atoms with Crippen molar-refractivity contribution in [1.82, 2.24) is 15.1 Å². The van der Waals surface area contributed by atoms with Gasteiger partial charge in [-0.3, -0.25) is 19.2 Å². The molecule has 3 aliphatic rings. The molecule has 3 saturated heterocycles. The Morgan fingerprint density at radius 3 is 2.36 bits per heavy atom. The summed E-state index contributed by atoms with van der Waals surface area (Å²) < 4.78 is 18.6. The molecule has 2 N–H and O–H groups in total. The summed E-state index contributed by atoms with van der Waals surface area (Å²) in [6.45, 7) is 13.2. The van der Waals surface area contributed by atoms with Gasteiger partial charge in [0.25, 0.3) is 0 Å². The van der Waals surface area contributed by atoms with Crippen molar-refractivity contribution in [1.29, 1.82) is 0 Å². The minimum atomic E-state index is -1.39. The van der Waals surface area contributed by atoms with E-state index in [1.54, 1.807) is 29.2 Å². The van der Waals surface area contributed by atoms with Crippen molar-refractivity contribution in [2.24, 2.45) is 11.8 Å². The molecule has 0 saturated carbocycles. The lowest BCUT2D eigenvalue weighted by Crippen LogP contribution is -2.62. The molecule has 11 nitrogen and oxygen atoms in total. The smallest absolute Gasteiger partial charge is 0.313 e. The Balaban J connectivity index is 1.57. The second-order valence-corrected chi connectivity index (χ2v) is 16.2. The summed E-state index contributed by atoms with van der Waals surface area (Å²) in [6, 6.07) is 15.8. The van der Waals surface area contributed by atoms with Gasteiger partial charge in [0.1, 0.15) is 17.7 Å². The number of nitrogens with one attached hydrogen (secondary N) is 1. The van der Waals surface area contributed by atoms with Crippen LogP contribution in [0.15, 0.2) is 86.0 Å². The number of aliphatic hydroxyl groups is 1. The first-order valence-corrected chi connectivity index (χ1v) is 19.1. The fraction of sp³-hybridized carbons (Fsp3) is 0.512. The number of rotatable bonds is 17. The van der Waals surface area contributed by atoms with Crippen molar-refractivity contribution in [3.05, 3.63) is 97.1 Å². The molecular weight excluding hydrogens is 742 g/mol. The summed E-state index contributed by atoms with van der Waals surface area (Å²) in [5.74, 6) is -3.91. The van der Waals surface area contributed by atoms with Gasteiger partial charge in [-0.15, -0.1) is 13.2 Å². The number of allylic oxidation sites excluding steroid dienone is 1. The number of amides is 3. The van der Waals surface area contributed by atoms with Crippen molar-refractivity contribution in [3.63, 3.8) is 0 Å². The maximum atomic E-state index is 15.0. The molecule has 2 aromatic carbocycles. The predicted octanol–water partition coefficient (Wildman–Crippen LogP) is 4.53. The number of halogens is 1. The van der Waals surface area contributed by atoms with Crippen LogP contribution in [0.4, 0.5) is 0 Å². The number of aliphatic hydroxyl groups excluding tert-OH is 1. The maximum Gasteiger partial charge on any atom is 0.313 e. The Hall–Kier alpha value is -3.84. The second-order valence-electron chi connectivity index (χ2n) is 15.1. The number of methoxy groups -OCH3 is 1. The van der Waals surface area contributed by atoms with E-state index in [1.165, 1.54) is 12.0 Å². The average molecular weight is 795 g/mol. The molecule has 5 rings (SSSR count). The van der Waals surface area contributed by atoms with Crippen molar-refractivity contribution in [2.45, 2.75) is 92.8 Å². The molecular formula is C41H52BrN3O8. The molecule has 1 unspecified atom stereocenters. The number of hydrogen-bond donors (Lipinski definition) is 2. The zero-order valence-electron chi connectivity index (χ0n) is 31.0. The second kappa shape index (κ2) is 17.1. The number of likely N-dealkylation sites (tertiary alicyclic amines) is 1. The molecule has 3 heterocycles. The molecule has 53 heavy (non-hydrogen) atoms. The summed E-state index contributed by atoms with van der Waals surface area (Å²) in [4.78, 5) is 60.4. The number of fused-ring (bicyclic) bond motifs is 1. The number of hydrogen-bond acceptors (Lipinski definition) is 8. The first-order valence-electron chi connectivity index (χ1n) is 18.2. The molecule has 3 fully saturated rings. The van der Waals surface area contributed by atoms with E-state index in [0.29, 0.717) is 12.0 Å². The Labute approximate surface area is 320 Å². The molecule has 12 heteroatoms. The standard InChI is InChI=1S/C41H52BrN3O8/c1-7-9-20-31(47)43-30(25-51-6)34(27-18-14-11-15-19-27)52-39(50)32-33-37(48)45(28(24-46)22-26-16-12-10-13-17-26)36(41(33)23-29(42)35(32)53-41)38(49)44(21-8-2)40(3,4)5/h7-8,10-19,28-30,32-36,46H,1-2,9,20-25H2,3-6H3,(H,43,47)/t28-,29?,30+,32+,33-,34+,35+,36+,41-/m1/s1. The Morgan fingerprint density at radius 1 is 1.11 bits per heavy atom. The van der Waals surface area contributed by atoms with E-state index in [-0.39, 0.29) is 49.1 Å². The minimum Gasteiger partial charge on any atom is -0.455 e. The monoisotopic (exact) mass is 793 g/mol. The van der Waals surface area contributed by atoms with Crippen molar-refractivity contribution in [3.8, 4) is 0 Å². The molecule has 3 aliphatic heterocycles. The highest BCUT2D eigenvalue weighted by molar-refractivity contribution is 9.09. The van der Waals surface area contributed by atoms with E-state index in [2.05, 4.69) is 34.4 Å². The third-order valence-electron chi connectivity index (χ3n) is 10.5. The molecule has 2 aromatic rings. The van der Waals surface area contributed by atoms with Gasteiger partial charge in [0.05, 0.1) is 43.2 Å². The van der Waals surface area contributed by atoms with Crippen LogP contribution in [0.1, 0.15) is 57.3 Å². The number of ether oxygens (including phenoxy) is 3. The van der Waals surface area contributed by atoms with Crippen LogP contribution < -0.4 is 5.32 Å². The van der Waals surface area contributed by atoms with Gasteiger partial charge in [0, 0.05) is 30.4 Å². The Kier molecular flexibility index (Phi) is 13.0. The number of nitrogens with zero attached hydrogens (tertiary/aromatic N) is 2. The summed E-state index contributed by atoms with van der Waals surface area (Å²) in [5, 5.41) is 13.8. The zero-order chi connectivity index (χ0) is 38.5. The third kappa shape index (κ3) is 8.16. The van der Waals surface area contributed by atoms with Crippen LogP contribution in [-0.4, -0.2) is 106 Å². The van der Waals surface area contributed by atoms with E-state index in [4.69, 9.17) is 14.2 Å². The van der Waals surface area contributed by atoms with E-state index >= 15 is 4.79 Å². The topological polar surface area (TPSA) is 135 Å². The summed E-state index contributed by atoms with van der Waals surface area (Å²) in [5.41, 5.74) is -0.537. The van der Waals surface area contributed by atoms with Crippen molar-refractivity contribution in [2.75, 3.05) is 26.9 Å². The first kappa shape index (κ1) is 40.3. The fourth-order valence-electron chi connectivity index (χ4n) is 8.24. The predicted molar refractivity (Wildman–Crippen MR) is 204 cm³/mol. The highest BCUT2D eigenvalue weighted by Crippen LogP contribution is 2.61. The highest BCUT2D eigenvalue weighted by Gasteiger charge is 2.78. The van der Waals surface area contributed by atoms with Crippen LogP contribution in [0.25, 0.3) is 0 Å². The number of esters is 1. The highest BCUT2D eigenvalue weighted by atomic mass is 79.9. The molecule has 0 radical (unpaired) electrons. The SMILES string of the molecule is C=CCCC(=O)N[C@@H](COC)[C@@H](OC(=O)[C@@H]1[C@H]2O[C@@]3(CC2Br)[C@H](C(=O)N(CC=C)C(C)(C)C)N([C@@H](CO)Cc2ccccc2)C(=O)[C@@H]13)c1ccccc1. The zero-order valence-corrected chi connectivity index (χ0v) is 32.6. The summed E-state index contributed by atoms with van der Waals surface area (Å²) >= 11 is 3.75. The number of carbonyl (C=O) groups is 4. The van der Waals surface area contributed by atoms with E-state index in [9.17, 15) is 19.5 Å². The van der Waals surface area contributed by atoms with Crippen LogP contribution in [0.2, 0.25) is 0 Å². The van der Waals surface area contributed by atoms with Gasteiger partial charge in [-0.1, -0.05) is 88.7 Å². The van der Waals surface area contributed by atoms with Crippen molar-refractivity contribution >= 4 is 39.6 Å². The van der Waals surface area contributed by atoms with Gasteiger partial charge in [-0.2, -0.15) is 0 Å². The van der Waals surface area contributed by atoms with E-state index < -0.39 is 71.8 Å². The molecule has 0 aromatic heterocycles. The van der Waals surface area contributed by atoms with Gasteiger partial charge in [-0.05, 0) is 51.2 Å². The maximum absolute atomic E-state index is 15.0. The molecule has 0 aliphatic carbocycles. The third-order valence-corrected chi connectivity index (χ3v) is 11.4. The normalized spacial score (nSPS) is 26.3. The summed E-state index contributed by atoms with van der Waals surface area (Å²) in [7, 11) is 1.50. The van der Waals surface area contributed by atoms with Gasteiger partial charge in [0.2, 0.25) is 17.7 Å². The van der Waals surface area contributed by atoms with Crippen molar-refractivity contribution < 1.29 is 38.5 Å². The lowest BCUT2D eigenvalue weighted by atomic mass is 9.70. The number of benzene rings is 2. The minimum absolute atomic E-state index is 0.0403. The fourth-order valence-corrected chi connectivity index (χ4v) is 9.19. The van der Waals surface area contributed by atoms with Gasteiger partial charge in [0.15, 0.2) is 0 Å².